The lowest BCUT2D eigenvalue weighted by molar-refractivity contribution is -0.146. The maximum atomic E-state index is 11.3. The molecule has 0 unspecified atom stereocenters. The fourth-order valence-corrected chi connectivity index (χ4v) is 1.52. The van der Waals surface area contributed by atoms with E-state index in [0.29, 0.717) is 22.9 Å². The summed E-state index contributed by atoms with van der Waals surface area (Å²) in [5.41, 5.74) is 0.545. The molecule has 0 saturated heterocycles. The van der Waals surface area contributed by atoms with Gasteiger partial charge in [-0.15, -0.1) is 0 Å². The van der Waals surface area contributed by atoms with Crippen molar-refractivity contribution >= 4 is 17.6 Å². The SMILES string of the molecule is CCCCOC(=O)COc1ccc(Cl)cc1CO. The Labute approximate surface area is 111 Å². The molecule has 0 aliphatic rings. The number of aliphatic hydroxyl groups is 1. The fourth-order valence-electron chi connectivity index (χ4n) is 1.32. The van der Waals surface area contributed by atoms with E-state index in [1.54, 1.807) is 18.2 Å². The van der Waals surface area contributed by atoms with Crippen LogP contribution in [0.15, 0.2) is 18.2 Å². The van der Waals surface area contributed by atoms with E-state index in [2.05, 4.69) is 0 Å². The third-order valence-corrected chi connectivity index (χ3v) is 2.53. The first-order chi connectivity index (χ1) is 8.67. The van der Waals surface area contributed by atoms with E-state index in [9.17, 15) is 4.79 Å². The van der Waals surface area contributed by atoms with E-state index in [0.717, 1.165) is 12.8 Å². The van der Waals surface area contributed by atoms with Crippen LogP contribution < -0.4 is 4.74 Å². The van der Waals surface area contributed by atoms with Crippen LogP contribution in [0.2, 0.25) is 5.02 Å². The summed E-state index contributed by atoms with van der Waals surface area (Å²) in [5, 5.41) is 9.64. The highest BCUT2D eigenvalue weighted by molar-refractivity contribution is 6.30. The number of ether oxygens (including phenoxy) is 2. The van der Waals surface area contributed by atoms with Gasteiger partial charge in [-0.05, 0) is 24.6 Å². The number of benzene rings is 1. The molecule has 0 bridgehead atoms. The Bertz CT molecular complexity index is 393. The molecule has 0 spiro atoms. The molecule has 0 radical (unpaired) electrons. The Kier molecular flexibility index (Phi) is 6.54. The molecule has 0 amide bonds. The van der Waals surface area contributed by atoms with Crippen LogP contribution in [0.4, 0.5) is 0 Å². The minimum atomic E-state index is -0.415. The fraction of sp³-hybridized carbons (Fsp3) is 0.462. The van der Waals surface area contributed by atoms with Gasteiger partial charge in [0.1, 0.15) is 5.75 Å². The predicted octanol–water partition coefficient (Wildman–Crippen LogP) is 2.55. The van der Waals surface area contributed by atoms with Crippen LogP contribution in [-0.4, -0.2) is 24.3 Å². The first-order valence-corrected chi connectivity index (χ1v) is 6.23. The Morgan fingerprint density at radius 2 is 2.22 bits per heavy atom. The monoisotopic (exact) mass is 272 g/mol. The second-order valence-electron chi connectivity index (χ2n) is 3.77. The summed E-state index contributed by atoms with van der Waals surface area (Å²) in [4.78, 5) is 11.3. The molecule has 5 heteroatoms. The molecule has 18 heavy (non-hydrogen) atoms. The zero-order valence-corrected chi connectivity index (χ0v) is 11.1. The van der Waals surface area contributed by atoms with Crippen molar-refractivity contribution in [1.29, 1.82) is 0 Å². The quantitative estimate of drug-likeness (QED) is 0.612. The number of unbranched alkanes of at least 4 members (excludes halogenated alkanes) is 1. The highest BCUT2D eigenvalue weighted by Gasteiger charge is 2.08. The Balaban J connectivity index is 2.45. The van der Waals surface area contributed by atoms with Gasteiger partial charge in [0.05, 0.1) is 13.2 Å². The molecular formula is C13H17ClO4. The van der Waals surface area contributed by atoms with Crippen LogP contribution in [-0.2, 0) is 16.1 Å². The number of aliphatic hydroxyl groups excluding tert-OH is 1. The standard InChI is InChI=1S/C13H17ClO4/c1-2-3-6-17-13(16)9-18-12-5-4-11(14)7-10(12)8-15/h4-5,7,15H,2-3,6,8-9H2,1H3. The van der Waals surface area contributed by atoms with Gasteiger partial charge in [0, 0.05) is 10.6 Å². The van der Waals surface area contributed by atoms with Gasteiger partial charge in [-0.2, -0.15) is 0 Å². The van der Waals surface area contributed by atoms with Crippen LogP contribution in [0, 0.1) is 0 Å². The largest absolute Gasteiger partial charge is 0.482 e. The molecule has 100 valence electrons. The van der Waals surface area contributed by atoms with Crippen LogP contribution >= 0.6 is 11.6 Å². The summed E-state index contributed by atoms with van der Waals surface area (Å²) < 4.78 is 10.2. The molecule has 0 aliphatic carbocycles. The van der Waals surface area contributed by atoms with E-state index >= 15 is 0 Å². The lowest BCUT2D eigenvalue weighted by Gasteiger charge is -2.10. The van der Waals surface area contributed by atoms with E-state index in [1.807, 2.05) is 6.92 Å². The summed E-state index contributed by atoms with van der Waals surface area (Å²) in [6.45, 7) is 2.07. The number of esters is 1. The molecule has 0 aromatic heterocycles. The molecule has 4 nitrogen and oxygen atoms in total. The second kappa shape index (κ2) is 7.95. The number of rotatable bonds is 7. The van der Waals surface area contributed by atoms with Crippen LogP contribution in [0.5, 0.6) is 5.75 Å². The predicted molar refractivity (Wildman–Crippen MR) is 68.7 cm³/mol. The first-order valence-electron chi connectivity index (χ1n) is 5.85. The summed E-state index contributed by atoms with van der Waals surface area (Å²) in [6.07, 6.45) is 1.81. The van der Waals surface area contributed by atoms with Gasteiger partial charge in [-0.1, -0.05) is 24.9 Å². The zero-order chi connectivity index (χ0) is 13.4. The van der Waals surface area contributed by atoms with Crippen molar-refractivity contribution in [3.8, 4) is 5.75 Å². The normalized spacial score (nSPS) is 10.2. The van der Waals surface area contributed by atoms with Gasteiger partial charge >= 0.3 is 5.97 Å². The third kappa shape index (κ3) is 4.94. The molecular weight excluding hydrogens is 256 g/mol. The van der Waals surface area contributed by atoms with Crippen molar-refractivity contribution in [3.05, 3.63) is 28.8 Å². The van der Waals surface area contributed by atoms with Crippen molar-refractivity contribution in [2.45, 2.75) is 26.4 Å². The Hall–Kier alpha value is -1.26. The number of carbonyl (C=O) groups is 1. The van der Waals surface area contributed by atoms with Crippen molar-refractivity contribution in [2.75, 3.05) is 13.2 Å². The molecule has 0 aliphatic heterocycles. The average Bonchev–Trinajstić information content (AvgIpc) is 2.37. The first kappa shape index (κ1) is 14.8. The van der Waals surface area contributed by atoms with E-state index in [1.165, 1.54) is 0 Å². The Morgan fingerprint density at radius 1 is 1.44 bits per heavy atom. The number of hydrogen-bond acceptors (Lipinski definition) is 4. The summed E-state index contributed by atoms with van der Waals surface area (Å²) in [5.74, 6) is 0.0247. The molecule has 1 aromatic rings. The highest BCUT2D eigenvalue weighted by atomic mass is 35.5. The van der Waals surface area contributed by atoms with Gasteiger partial charge < -0.3 is 14.6 Å². The van der Waals surface area contributed by atoms with Gasteiger partial charge in [0.2, 0.25) is 0 Å². The van der Waals surface area contributed by atoms with Crippen LogP contribution in [0.1, 0.15) is 25.3 Å². The van der Waals surface area contributed by atoms with Crippen LogP contribution in [0.3, 0.4) is 0 Å². The molecule has 1 rings (SSSR count). The minimum absolute atomic E-state index is 0.168. The molecule has 1 aromatic carbocycles. The second-order valence-corrected chi connectivity index (χ2v) is 4.21. The molecule has 1 N–H and O–H groups in total. The summed E-state index contributed by atoms with van der Waals surface area (Å²) >= 11 is 5.78. The van der Waals surface area contributed by atoms with Gasteiger partial charge in [-0.25, -0.2) is 4.79 Å². The average molecular weight is 273 g/mol. The molecule has 0 saturated carbocycles. The van der Waals surface area contributed by atoms with E-state index < -0.39 is 5.97 Å². The van der Waals surface area contributed by atoms with Gasteiger partial charge in [0.25, 0.3) is 0 Å². The number of halogens is 1. The number of hydrogen-bond donors (Lipinski definition) is 1. The maximum absolute atomic E-state index is 11.3. The third-order valence-electron chi connectivity index (χ3n) is 2.30. The topological polar surface area (TPSA) is 55.8 Å². The van der Waals surface area contributed by atoms with Crippen molar-refractivity contribution in [1.82, 2.24) is 0 Å². The summed E-state index contributed by atoms with van der Waals surface area (Å²) in [7, 11) is 0. The highest BCUT2D eigenvalue weighted by Crippen LogP contribution is 2.22. The van der Waals surface area contributed by atoms with Crippen LogP contribution in [0.25, 0.3) is 0 Å². The van der Waals surface area contributed by atoms with Crippen molar-refractivity contribution < 1.29 is 19.4 Å². The maximum Gasteiger partial charge on any atom is 0.344 e. The minimum Gasteiger partial charge on any atom is -0.482 e. The lowest BCUT2D eigenvalue weighted by Crippen LogP contribution is -2.16. The van der Waals surface area contributed by atoms with Crippen molar-refractivity contribution in [3.63, 3.8) is 0 Å². The van der Waals surface area contributed by atoms with Gasteiger partial charge in [0.15, 0.2) is 6.61 Å². The smallest absolute Gasteiger partial charge is 0.344 e. The molecule has 0 heterocycles. The van der Waals surface area contributed by atoms with Gasteiger partial charge in [-0.3, -0.25) is 0 Å². The lowest BCUT2D eigenvalue weighted by atomic mass is 10.2. The Morgan fingerprint density at radius 3 is 2.89 bits per heavy atom. The number of carbonyl (C=O) groups excluding carboxylic acids is 1. The zero-order valence-electron chi connectivity index (χ0n) is 10.3. The van der Waals surface area contributed by atoms with Crippen molar-refractivity contribution in [2.24, 2.45) is 0 Å². The molecule has 0 fully saturated rings. The van der Waals surface area contributed by atoms with E-state index in [-0.39, 0.29) is 13.2 Å². The summed E-state index contributed by atoms with van der Waals surface area (Å²) in [6, 6.07) is 4.85. The molecule has 0 atom stereocenters. The van der Waals surface area contributed by atoms with E-state index in [4.69, 9.17) is 26.2 Å².